The van der Waals surface area contributed by atoms with Crippen molar-refractivity contribution in [3.63, 3.8) is 0 Å². The van der Waals surface area contributed by atoms with Gasteiger partial charge in [-0.1, -0.05) is 36.8 Å². The molecule has 4 aliphatic carbocycles. The van der Waals surface area contributed by atoms with Crippen molar-refractivity contribution in [1.82, 2.24) is 10.6 Å². The maximum Gasteiger partial charge on any atom is 0.323 e. The fourth-order valence-electron chi connectivity index (χ4n) is 8.06. The third-order valence-electron chi connectivity index (χ3n) is 9.62. The van der Waals surface area contributed by atoms with E-state index in [0.29, 0.717) is 30.7 Å². The van der Waals surface area contributed by atoms with E-state index in [9.17, 15) is 19.5 Å². The van der Waals surface area contributed by atoms with Gasteiger partial charge in [0, 0.05) is 18.9 Å². The van der Waals surface area contributed by atoms with Crippen molar-refractivity contribution in [3.05, 3.63) is 58.2 Å². The van der Waals surface area contributed by atoms with Crippen LogP contribution in [0.1, 0.15) is 75.8 Å². The number of nitrogens with one attached hydrogen (secondary N) is 2. The van der Waals surface area contributed by atoms with Crippen LogP contribution in [-0.4, -0.2) is 40.6 Å². The number of amides is 2. The molecule has 198 valence electrons. The number of fused-ring (bicyclic) bond motifs is 4. The van der Waals surface area contributed by atoms with Crippen LogP contribution >= 0.6 is 0 Å². The largest absolute Gasteiger partial charge is 0.480 e. The van der Waals surface area contributed by atoms with Crippen LogP contribution in [0.25, 0.3) is 0 Å². The highest BCUT2D eigenvalue weighted by atomic mass is 16.4. The number of carbonyl (C=O) groups excluding carboxylic acids is 2. The van der Waals surface area contributed by atoms with E-state index in [-0.39, 0.29) is 23.2 Å². The molecule has 0 bridgehead atoms. The Morgan fingerprint density at radius 2 is 1.84 bits per heavy atom. The summed E-state index contributed by atoms with van der Waals surface area (Å²) in [6.07, 6.45) is 8.28. The smallest absolute Gasteiger partial charge is 0.323 e. The van der Waals surface area contributed by atoms with Gasteiger partial charge in [0.2, 0.25) is 0 Å². The Labute approximate surface area is 218 Å². The SMILES string of the molecule is C[C@H](O)C1CCC2C3CCC4=CC(=O)CCC4=C3C(c3ccc(CNC(=O)NCC(=O)O)cc3)CC21C. The van der Waals surface area contributed by atoms with Crippen molar-refractivity contribution in [3.8, 4) is 0 Å². The molecule has 2 saturated carbocycles. The number of aliphatic hydroxyl groups is 1. The van der Waals surface area contributed by atoms with Crippen LogP contribution in [-0.2, 0) is 16.1 Å². The van der Waals surface area contributed by atoms with E-state index >= 15 is 0 Å². The van der Waals surface area contributed by atoms with Gasteiger partial charge >= 0.3 is 12.0 Å². The van der Waals surface area contributed by atoms with Crippen LogP contribution in [0.3, 0.4) is 0 Å². The molecule has 5 rings (SSSR count). The van der Waals surface area contributed by atoms with Gasteiger partial charge in [0.05, 0.1) is 6.10 Å². The summed E-state index contributed by atoms with van der Waals surface area (Å²) in [6.45, 7) is 4.25. The molecule has 6 atom stereocenters. The minimum Gasteiger partial charge on any atom is -0.480 e. The molecule has 0 aromatic heterocycles. The zero-order chi connectivity index (χ0) is 26.3. The topological polar surface area (TPSA) is 116 Å². The number of aliphatic hydroxyl groups excluding tert-OH is 1. The molecule has 0 aliphatic heterocycles. The number of allylic oxidation sites excluding steroid dienone is 4. The number of rotatable bonds is 6. The van der Waals surface area contributed by atoms with Gasteiger partial charge in [-0.3, -0.25) is 9.59 Å². The molecular weight excluding hydrogens is 468 g/mol. The summed E-state index contributed by atoms with van der Waals surface area (Å²) in [5, 5.41) is 24.4. The number of carboxylic acids is 1. The molecular formula is C30H38N2O5. The monoisotopic (exact) mass is 506 g/mol. The van der Waals surface area contributed by atoms with Crippen molar-refractivity contribution >= 4 is 17.8 Å². The molecule has 0 spiro atoms. The minimum atomic E-state index is -1.08. The standard InChI is InChI=1S/C30H38N2O5/c1-17(33)25-11-12-26-23-9-7-20-13-21(34)8-10-22(20)28(23)24(14-30(25,26)2)19-5-3-18(4-6-19)15-31-29(37)32-16-27(35)36/h3-6,13,17,23-26,33H,7-12,14-16H2,1-2H3,(H,35,36)(H2,31,32,37)/t17-,23?,24?,25?,26?,30?/m0/s1. The number of hydrogen-bond acceptors (Lipinski definition) is 4. The number of carboxylic acid groups (broad SMARTS) is 1. The Bertz CT molecular complexity index is 1150. The first-order valence-electron chi connectivity index (χ1n) is 13.6. The maximum atomic E-state index is 12.2. The van der Waals surface area contributed by atoms with Crippen molar-refractivity contribution in [1.29, 1.82) is 0 Å². The molecule has 0 heterocycles. The van der Waals surface area contributed by atoms with E-state index in [0.717, 1.165) is 44.1 Å². The number of benzene rings is 1. The first kappa shape index (κ1) is 25.7. The van der Waals surface area contributed by atoms with E-state index < -0.39 is 18.5 Å². The number of ketones is 1. The van der Waals surface area contributed by atoms with Crippen molar-refractivity contribution < 1.29 is 24.6 Å². The Morgan fingerprint density at radius 3 is 2.54 bits per heavy atom. The molecule has 4 aliphatic rings. The number of hydrogen-bond donors (Lipinski definition) is 4. The van der Waals surface area contributed by atoms with Gasteiger partial charge in [0.15, 0.2) is 5.78 Å². The fourth-order valence-corrected chi connectivity index (χ4v) is 8.06. The van der Waals surface area contributed by atoms with Gasteiger partial charge in [-0.2, -0.15) is 0 Å². The summed E-state index contributed by atoms with van der Waals surface area (Å²) in [5.41, 5.74) is 6.47. The van der Waals surface area contributed by atoms with E-state index in [1.165, 1.54) is 22.3 Å². The summed E-state index contributed by atoms with van der Waals surface area (Å²) in [5.74, 6) is 0.765. The first-order valence-corrected chi connectivity index (χ1v) is 13.6. The van der Waals surface area contributed by atoms with E-state index in [4.69, 9.17) is 5.11 Å². The Kier molecular flexibility index (Phi) is 7.01. The van der Waals surface area contributed by atoms with Crippen LogP contribution in [0.15, 0.2) is 47.1 Å². The van der Waals surface area contributed by atoms with Gasteiger partial charge in [0.25, 0.3) is 0 Å². The summed E-state index contributed by atoms with van der Waals surface area (Å²) >= 11 is 0. The van der Waals surface area contributed by atoms with Crippen molar-refractivity contribution in [2.75, 3.05) is 6.54 Å². The van der Waals surface area contributed by atoms with Crippen LogP contribution in [0, 0.1) is 23.2 Å². The molecule has 1 aromatic carbocycles. The number of aliphatic carboxylic acids is 1. The number of urea groups is 1. The van der Waals surface area contributed by atoms with Gasteiger partial charge in [-0.15, -0.1) is 0 Å². The molecule has 1 aromatic rings. The molecule has 7 nitrogen and oxygen atoms in total. The fraction of sp³-hybridized carbons (Fsp3) is 0.567. The van der Waals surface area contributed by atoms with Crippen LogP contribution in [0.4, 0.5) is 4.79 Å². The highest BCUT2D eigenvalue weighted by Gasteiger charge is 2.57. The molecule has 2 fully saturated rings. The van der Waals surface area contributed by atoms with E-state index in [1.807, 2.05) is 25.1 Å². The average Bonchev–Trinajstić information content (AvgIpc) is 3.23. The number of carbonyl (C=O) groups is 3. The zero-order valence-corrected chi connectivity index (χ0v) is 21.8. The predicted molar refractivity (Wildman–Crippen MR) is 140 cm³/mol. The normalized spacial score (nSPS) is 31.5. The van der Waals surface area contributed by atoms with Gasteiger partial charge in [0.1, 0.15) is 6.54 Å². The van der Waals surface area contributed by atoms with Crippen LogP contribution in [0.2, 0.25) is 0 Å². The Hall–Kier alpha value is -2.93. The lowest BCUT2D eigenvalue weighted by Crippen LogP contribution is -2.45. The predicted octanol–water partition coefficient (Wildman–Crippen LogP) is 4.47. The average molecular weight is 507 g/mol. The van der Waals surface area contributed by atoms with Crippen LogP contribution in [0.5, 0.6) is 0 Å². The molecule has 7 heteroatoms. The second-order valence-electron chi connectivity index (χ2n) is 11.7. The Balaban J connectivity index is 1.44. The molecule has 37 heavy (non-hydrogen) atoms. The minimum absolute atomic E-state index is 0.0712. The van der Waals surface area contributed by atoms with Gasteiger partial charge < -0.3 is 20.8 Å². The molecule has 5 unspecified atom stereocenters. The van der Waals surface area contributed by atoms with Gasteiger partial charge in [-0.25, -0.2) is 4.79 Å². The first-order chi connectivity index (χ1) is 17.7. The molecule has 2 amide bonds. The highest BCUT2D eigenvalue weighted by molar-refractivity contribution is 5.93. The van der Waals surface area contributed by atoms with Crippen molar-refractivity contribution in [2.24, 2.45) is 23.2 Å². The lowest BCUT2D eigenvalue weighted by Gasteiger charge is -2.53. The molecule has 0 saturated heterocycles. The van der Waals surface area contributed by atoms with Crippen LogP contribution < -0.4 is 10.6 Å². The maximum absolute atomic E-state index is 12.2. The van der Waals surface area contributed by atoms with Gasteiger partial charge in [-0.05, 0) is 97.0 Å². The summed E-state index contributed by atoms with van der Waals surface area (Å²) in [4.78, 5) is 34.7. The quantitative estimate of drug-likeness (QED) is 0.454. The van der Waals surface area contributed by atoms with E-state index in [1.54, 1.807) is 0 Å². The third-order valence-corrected chi connectivity index (χ3v) is 9.62. The van der Waals surface area contributed by atoms with Crippen molar-refractivity contribution in [2.45, 2.75) is 77.4 Å². The summed E-state index contributed by atoms with van der Waals surface area (Å²) in [7, 11) is 0. The van der Waals surface area contributed by atoms with E-state index in [2.05, 4.69) is 29.7 Å². The molecule has 0 radical (unpaired) electrons. The summed E-state index contributed by atoms with van der Waals surface area (Å²) < 4.78 is 0. The second-order valence-corrected chi connectivity index (χ2v) is 11.7. The third kappa shape index (κ3) is 4.86. The summed E-state index contributed by atoms with van der Waals surface area (Å²) in [6, 6.07) is 7.87. The zero-order valence-electron chi connectivity index (χ0n) is 21.8. The molecule has 4 N–H and O–H groups in total. The lowest BCUT2D eigenvalue weighted by atomic mass is 9.51. The lowest BCUT2D eigenvalue weighted by molar-refractivity contribution is -0.135. The Morgan fingerprint density at radius 1 is 1.08 bits per heavy atom. The second kappa shape index (κ2) is 10.1. The highest BCUT2D eigenvalue weighted by Crippen LogP contribution is 2.66.